The van der Waals surface area contributed by atoms with Crippen LogP contribution in [-0.2, 0) is 0 Å². The first-order chi connectivity index (χ1) is 10.6. The third-order valence-electron chi connectivity index (χ3n) is 4.14. The zero-order valence-electron chi connectivity index (χ0n) is 12.0. The van der Waals surface area contributed by atoms with E-state index in [4.69, 9.17) is 4.52 Å². The summed E-state index contributed by atoms with van der Waals surface area (Å²) in [6, 6.07) is 2.27. The molecule has 0 bridgehead atoms. The van der Waals surface area contributed by atoms with Gasteiger partial charge in [0.15, 0.2) is 23.0 Å². The van der Waals surface area contributed by atoms with Gasteiger partial charge in [0.05, 0.1) is 10.9 Å². The summed E-state index contributed by atoms with van der Waals surface area (Å²) in [6.45, 7) is 3.44. The summed E-state index contributed by atoms with van der Waals surface area (Å²) in [4.78, 5) is 8.84. The van der Waals surface area contributed by atoms with Crippen LogP contribution in [0.3, 0.4) is 0 Å². The normalized spacial score (nSPS) is 16.8. The van der Waals surface area contributed by atoms with Crippen LogP contribution in [0.15, 0.2) is 22.9 Å². The minimum Gasteiger partial charge on any atom is -0.363 e. The van der Waals surface area contributed by atoms with Crippen molar-refractivity contribution < 1.29 is 13.3 Å². The highest BCUT2D eigenvalue weighted by atomic mass is 19.2. The van der Waals surface area contributed by atoms with Crippen molar-refractivity contribution in [3.05, 3.63) is 30.0 Å². The Labute approximate surface area is 125 Å². The predicted octanol–water partition coefficient (Wildman–Crippen LogP) is 2.41. The van der Waals surface area contributed by atoms with E-state index >= 15 is 0 Å². The Bertz CT molecular complexity index is 855. The lowest BCUT2D eigenvalue weighted by Crippen LogP contribution is -2.44. The zero-order chi connectivity index (χ0) is 15.3. The second-order valence-electron chi connectivity index (χ2n) is 5.59. The van der Waals surface area contributed by atoms with Crippen molar-refractivity contribution in [2.45, 2.75) is 0 Å². The Morgan fingerprint density at radius 3 is 2.55 bits per heavy atom. The van der Waals surface area contributed by atoms with Gasteiger partial charge in [0, 0.05) is 37.6 Å². The molecule has 3 heterocycles. The monoisotopic (exact) mass is 304 g/mol. The highest BCUT2D eigenvalue weighted by Gasteiger charge is 2.21. The quantitative estimate of drug-likeness (QED) is 0.691. The number of aromatic nitrogens is 2. The zero-order valence-corrected chi connectivity index (χ0v) is 12.0. The van der Waals surface area contributed by atoms with Crippen molar-refractivity contribution in [2.24, 2.45) is 0 Å². The van der Waals surface area contributed by atoms with E-state index < -0.39 is 11.6 Å². The number of pyridine rings is 1. The van der Waals surface area contributed by atoms with Crippen molar-refractivity contribution in [3.8, 4) is 0 Å². The molecule has 0 saturated carbocycles. The Morgan fingerprint density at radius 1 is 1.05 bits per heavy atom. The van der Waals surface area contributed by atoms with Gasteiger partial charge in [0.25, 0.3) is 0 Å². The molecule has 22 heavy (non-hydrogen) atoms. The molecular weight excluding hydrogens is 290 g/mol. The van der Waals surface area contributed by atoms with E-state index in [9.17, 15) is 8.78 Å². The predicted molar refractivity (Wildman–Crippen MR) is 78.9 cm³/mol. The van der Waals surface area contributed by atoms with E-state index in [-0.39, 0.29) is 0 Å². The minimum atomic E-state index is -0.903. The molecule has 1 fully saturated rings. The molecule has 2 aromatic heterocycles. The van der Waals surface area contributed by atoms with Crippen molar-refractivity contribution in [2.75, 3.05) is 38.1 Å². The Morgan fingerprint density at radius 2 is 1.77 bits per heavy atom. The van der Waals surface area contributed by atoms with Crippen LogP contribution in [0.1, 0.15) is 0 Å². The second-order valence-corrected chi connectivity index (χ2v) is 5.59. The van der Waals surface area contributed by atoms with Gasteiger partial charge in [0.1, 0.15) is 6.26 Å². The summed E-state index contributed by atoms with van der Waals surface area (Å²) in [5, 5.41) is 5.16. The molecule has 114 valence electrons. The van der Waals surface area contributed by atoms with Gasteiger partial charge in [-0.25, -0.2) is 13.8 Å². The molecule has 0 N–H and O–H groups in total. The molecule has 4 rings (SSSR count). The van der Waals surface area contributed by atoms with Gasteiger partial charge in [-0.05, 0) is 13.1 Å². The first-order valence-electron chi connectivity index (χ1n) is 7.10. The maximum atomic E-state index is 13.5. The summed E-state index contributed by atoms with van der Waals surface area (Å²) >= 11 is 0. The lowest BCUT2D eigenvalue weighted by molar-refractivity contribution is 0.312. The largest absolute Gasteiger partial charge is 0.363 e. The van der Waals surface area contributed by atoms with Crippen LogP contribution >= 0.6 is 0 Å². The van der Waals surface area contributed by atoms with Crippen LogP contribution in [0.2, 0.25) is 0 Å². The number of rotatable bonds is 1. The van der Waals surface area contributed by atoms with Crippen molar-refractivity contribution in [1.82, 2.24) is 15.0 Å². The molecule has 1 aliphatic rings. The summed E-state index contributed by atoms with van der Waals surface area (Å²) in [5.74, 6) is -1.14. The molecule has 1 aliphatic heterocycles. The average Bonchev–Trinajstić information content (AvgIpc) is 2.99. The lowest BCUT2D eigenvalue weighted by Gasteiger charge is -2.33. The minimum absolute atomic E-state index is 0.406. The van der Waals surface area contributed by atoms with Gasteiger partial charge in [-0.3, -0.25) is 0 Å². The van der Waals surface area contributed by atoms with Gasteiger partial charge in [-0.2, -0.15) is 0 Å². The van der Waals surface area contributed by atoms with Gasteiger partial charge >= 0.3 is 0 Å². The van der Waals surface area contributed by atoms with E-state index in [1.807, 2.05) is 0 Å². The van der Waals surface area contributed by atoms with Crippen LogP contribution in [0.25, 0.3) is 21.8 Å². The Kier molecular flexibility index (Phi) is 2.97. The molecule has 1 saturated heterocycles. The highest BCUT2D eigenvalue weighted by molar-refractivity contribution is 6.08. The van der Waals surface area contributed by atoms with Crippen LogP contribution in [-0.4, -0.2) is 48.3 Å². The number of benzene rings is 1. The van der Waals surface area contributed by atoms with Gasteiger partial charge in [0.2, 0.25) is 0 Å². The van der Waals surface area contributed by atoms with Crippen molar-refractivity contribution in [3.63, 3.8) is 0 Å². The molecule has 0 aliphatic carbocycles. The molecule has 0 radical (unpaired) electrons. The van der Waals surface area contributed by atoms with E-state index in [0.29, 0.717) is 27.6 Å². The topological polar surface area (TPSA) is 45.4 Å². The summed E-state index contributed by atoms with van der Waals surface area (Å²) < 4.78 is 32.1. The number of fused-ring (bicyclic) bond motifs is 3. The summed E-state index contributed by atoms with van der Waals surface area (Å²) in [7, 11) is 2.06. The van der Waals surface area contributed by atoms with Gasteiger partial charge in [-0.15, -0.1) is 0 Å². The number of halogens is 2. The molecular formula is C15H14F2N4O. The lowest BCUT2D eigenvalue weighted by atomic mass is 10.1. The smallest absolute Gasteiger partial charge is 0.161 e. The average molecular weight is 304 g/mol. The van der Waals surface area contributed by atoms with Crippen molar-refractivity contribution >= 4 is 27.6 Å². The number of hydrogen-bond donors (Lipinski definition) is 0. The van der Waals surface area contributed by atoms with Gasteiger partial charge < -0.3 is 14.3 Å². The molecule has 7 heteroatoms. The first kappa shape index (κ1) is 13.4. The van der Waals surface area contributed by atoms with Crippen LogP contribution in [0.4, 0.5) is 14.6 Å². The summed E-state index contributed by atoms with van der Waals surface area (Å²) in [6.07, 6.45) is 1.45. The molecule has 3 aromatic rings. The van der Waals surface area contributed by atoms with Gasteiger partial charge in [-0.1, -0.05) is 5.16 Å². The molecule has 0 atom stereocenters. The van der Waals surface area contributed by atoms with E-state index in [1.54, 1.807) is 0 Å². The second kappa shape index (κ2) is 4.88. The number of hydrogen-bond acceptors (Lipinski definition) is 5. The first-order valence-corrected chi connectivity index (χ1v) is 7.10. The fourth-order valence-corrected chi connectivity index (χ4v) is 2.84. The number of piperazine rings is 1. The fourth-order valence-electron chi connectivity index (χ4n) is 2.84. The highest BCUT2D eigenvalue weighted by Crippen LogP contribution is 2.32. The summed E-state index contributed by atoms with van der Waals surface area (Å²) in [5.41, 5.74) is 0.992. The van der Waals surface area contributed by atoms with Crippen molar-refractivity contribution in [1.29, 1.82) is 0 Å². The third-order valence-corrected chi connectivity index (χ3v) is 4.14. The van der Waals surface area contributed by atoms with E-state index in [2.05, 4.69) is 27.0 Å². The maximum Gasteiger partial charge on any atom is 0.161 e. The number of anilines is 1. The number of nitrogens with zero attached hydrogens (tertiary/aromatic N) is 4. The molecule has 0 unspecified atom stereocenters. The molecule has 5 nitrogen and oxygen atoms in total. The molecule has 1 aromatic carbocycles. The SMILES string of the molecule is CN1CCN(c2nc3cc(F)c(F)cc3c3conc23)CC1. The Hall–Kier alpha value is -2.28. The molecule has 0 amide bonds. The van der Waals surface area contributed by atoms with Crippen LogP contribution < -0.4 is 4.90 Å². The Balaban J connectivity index is 1.93. The van der Waals surface area contributed by atoms with E-state index in [1.165, 1.54) is 6.26 Å². The fraction of sp³-hybridized carbons (Fsp3) is 0.333. The number of likely N-dealkylation sites (N-methyl/N-ethyl adjacent to an activating group) is 1. The van der Waals surface area contributed by atoms with Crippen LogP contribution in [0, 0.1) is 11.6 Å². The molecule has 0 spiro atoms. The third kappa shape index (κ3) is 2.00. The van der Waals surface area contributed by atoms with E-state index in [0.717, 1.165) is 38.3 Å². The standard InChI is InChI=1S/C15H14F2N4O/c1-20-2-4-21(5-3-20)15-14-10(8-22-19-14)9-6-11(16)12(17)7-13(9)18-15/h6-8H,2-5H2,1H3. The maximum absolute atomic E-state index is 13.5. The van der Waals surface area contributed by atoms with Crippen LogP contribution in [0.5, 0.6) is 0 Å².